The van der Waals surface area contributed by atoms with Crippen LogP contribution in [0.1, 0.15) is 11.1 Å². The Morgan fingerprint density at radius 3 is 2.50 bits per heavy atom. The van der Waals surface area contributed by atoms with Crippen molar-refractivity contribution in [1.29, 1.82) is 0 Å². The van der Waals surface area contributed by atoms with Gasteiger partial charge in [-0.3, -0.25) is 0 Å². The summed E-state index contributed by atoms with van der Waals surface area (Å²) in [4.78, 5) is 9.22. The molecule has 3 aromatic rings. The first-order valence-electron chi connectivity index (χ1n) is 8.24. The van der Waals surface area contributed by atoms with Gasteiger partial charge in [-0.25, -0.2) is 9.37 Å². The molecule has 0 unspecified atom stereocenters. The highest BCUT2D eigenvalue weighted by atomic mass is 32.1. The SMILES string of the molecule is Cc1ccc(C)c(N2CCN(c3nc4c(F)cccc4s3)CC2)c1. The van der Waals surface area contributed by atoms with Crippen LogP contribution in [0.15, 0.2) is 36.4 Å². The summed E-state index contributed by atoms with van der Waals surface area (Å²) >= 11 is 1.58. The normalized spacial score (nSPS) is 15.3. The first-order chi connectivity index (χ1) is 11.6. The lowest BCUT2D eigenvalue weighted by Gasteiger charge is -2.36. The van der Waals surface area contributed by atoms with Gasteiger partial charge in [0, 0.05) is 31.9 Å². The highest BCUT2D eigenvalue weighted by Gasteiger charge is 2.21. The molecular formula is C19H20FN3S. The summed E-state index contributed by atoms with van der Waals surface area (Å²) in [5.41, 5.74) is 4.43. The molecule has 0 N–H and O–H groups in total. The molecule has 0 aliphatic carbocycles. The molecule has 2 heterocycles. The molecule has 5 heteroatoms. The van der Waals surface area contributed by atoms with Crippen molar-refractivity contribution >= 4 is 32.4 Å². The molecule has 1 aliphatic rings. The van der Waals surface area contributed by atoms with Crippen LogP contribution in [0.25, 0.3) is 10.2 Å². The van der Waals surface area contributed by atoms with E-state index in [-0.39, 0.29) is 5.82 Å². The monoisotopic (exact) mass is 341 g/mol. The standard InChI is InChI=1S/C19H20FN3S/c1-13-6-7-14(2)16(12-13)22-8-10-23(11-9-22)19-21-18-15(20)4-3-5-17(18)24-19/h3-7,12H,8-11H2,1-2H3. The highest BCUT2D eigenvalue weighted by Crippen LogP contribution is 2.31. The molecule has 0 bridgehead atoms. The largest absolute Gasteiger partial charge is 0.368 e. The van der Waals surface area contributed by atoms with Crippen molar-refractivity contribution in [3.8, 4) is 0 Å². The van der Waals surface area contributed by atoms with Crippen LogP contribution in [0.3, 0.4) is 0 Å². The van der Waals surface area contributed by atoms with Crippen molar-refractivity contribution in [1.82, 2.24) is 4.98 Å². The maximum atomic E-state index is 13.8. The fourth-order valence-corrected chi connectivity index (χ4v) is 4.27. The average molecular weight is 341 g/mol. The van der Waals surface area contributed by atoms with Crippen LogP contribution < -0.4 is 9.80 Å². The Morgan fingerprint density at radius 1 is 1.00 bits per heavy atom. The second-order valence-corrected chi connectivity index (χ2v) is 7.36. The van der Waals surface area contributed by atoms with Crippen LogP contribution >= 0.6 is 11.3 Å². The topological polar surface area (TPSA) is 19.4 Å². The Morgan fingerprint density at radius 2 is 1.75 bits per heavy atom. The van der Waals surface area contributed by atoms with E-state index in [4.69, 9.17) is 0 Å². The fourth-order valence-electron chi connectivity index (χ4n) is 3.24. The Hall–Kier alpha value is -2.14. The summed E-state index contributed by atoms with van der Waals surface area (Å²) in [7, 11) is 0. The van der Waals surface area contributed by atoms with Crippen LogP contribution in [0.4, 0.5) is 15.2 Å². The Kier molecular flexibility index (Phi) is 3.88. The molecule has 1 fully saturated rings. The third-order valence-electron chi connectivity index (χ3n) is 4.61. The number of rotatable bonds is 2. The number of fused-ring (bicyclic) bond motifs is 1. The summed E-state index contributed by atoms with van der Waals surface area (Å²) < 4.78 is 14.8. The third-order valence-corrected chi connectivity index (χ3v) is 5.70. The quantitative estimate of drug-likeness (QED) is 0.689. The lowest BCUT2D eigenvalue weighted by Crippen LogP contribution is -2.46. The van der Waals surface area contributed by atoms with E-state index < -0.39 is 0 Å². The van der Waals surface area contributed by atoms with Crippen molar-refractivity contribution in [2.24, 2.45) is 0 Å². The van der Waals surface area contributed by atoms with Crippen molar-refractivity contribution in [3.05, 3.63) is 53.3 Å². The van der Waals surface area contributed by atoms with Gasteiger partial charge < -0.3 is 9.80 Å². The summed E-state index contributed by atoms with van der Waals surface area (Å²) in [5, 5.41) is 0.927. The minimum absolute atomic E-state index is 0.232. The predicted octanol–water partition coefficient (Wildman–Crippen LogP) is 4.38. The van der Waals surface area contributed by atoms with Crippen molar-refractivity contribution in [2.45, 2.75) is 13.8 Å². The summed E-state index contributed by atoms with van der Waals surface area (Å²) in [5.74, 6) is -0.232. The molecular weight excluding hydrogens is 321 g/mol. The van der Waals surface area contributed by atoms with E-state index in [1.807, 2.05) is 6.07 Å². The van der Waals surface area contributed by atoms with Crippen LogP contribution in [-0.2, 0) is 0 Å². The van der Waals surface area contributed by atoms with Gasteiger partial charge in [0.25, 0.3) is 0 Å². The van der Waals surface area contributed by atoms with Crippen LogP contribution in [-0.4, -0.2) is 31.2 Å². The molecule has 1 saturated heterocycles. The lowest BCUT2D eigenvalue weighted by atomic mass is 10.1. The minimum atomic E-state index is -0.232. The van der Waals surface area contributed by atoms with Crippen molar-refractivity contribution < 1.29 is 4.39 Å². The van der Waals surface area contributed by atoms with E-state index in [0.29, 0.717) is 5.52 Å². The van der Waals surface area contributed by atoms with Crippen molar-refractivity contribution in [3.63, 3.8) is 0 Å². The van der Waals surface area contributed by atoms with Crippen LogP contribution in [0, 0.1) is 19.7 Å². The Balaban J connectivity index is 1.53. The number of piperazine rings is 1. The molecule has 0 atom stereocenters. The number of hydrogen-bond acceptors (Lipinski definition) is 4. The Bertz CT molecular complexity index is 881. The molecule has 0 saturated carbocycles. The van der Waals surface area contributed by atoms with Gasteiger partial charge in [-0.2, -0.15) is 0 Å². The molecule has 2 aromatic carbocycles. The maximum absolute atomic E-state index is 13.8. The van der Waals surface area contributed by atoms with E-state index in [1.165, 1.54) is 22.9 Å². The van der Waals surface area contributed by atoms with Crippen molar-refractivity contribution in [2.75, 3.05) is 36.0 Å². The highest BCUT2D eigenvalue weighted by molar-refractivity contribution is 7.22. The van der Waals surface area contributed by atoms with Gasteiger partial charge in [-0.15, -0.1) is 0 Å². The Labute approximate surface area is 145 Å². The first-order valence-corrected chi connectivity index (χ1v) is 9.06. The second kappa shape index (κ2) is 6.06. The third kappa shape index (κ3) is 2.73. The zero-order valence-corrected chi connectivity index (χ0v) is 14.7. The number of hydrogen-bond donors (Lipinski definition) is 0. The number of aromatic nitrogens is 1. The number of nitrogens with zero attached hydrogens (tertiary/aromatic N) is 3. The van der Waals surface area contributed by atoms with Gasteiger partial charge in [-0.1, -0.05) is 29.5 Å². The fraction of sp³-hybridized carbons (Fsp3) is 0.316. The number of para-hydroxylation sites is 1. The molecule has 0 radical (unpaired) electrons. The number of anilines is 2. The van der Waals surface area contributed by atoms with Gasteiger partial charge in [-0.05, 0) is 43.2 Å². The molecule has 1 aromatic heterocycles. The van der Waals surface area contributed by atoms with E-state index >= 15 is 0 Å². The van der Waals surface area contributed by atoms with Gasteiger partial charge in [0.1, 0.15) is 11.3 Å². The average Bonchev–Trinajstić information content (AvgIpc) is 3.03. The smallest absolute Gasteiger partial charge is 0.186 e. The van der Waals surface area contributed by atoms with Gasteiger partial charge in [0.2, 0.25) is 0 Å². The van der Waals surface area contributed by atoms with Gasteiger partial charge in [0.05, 0.1) is 4.70 Å². The van der Waals surface area contributed by atoms with E-state index in [9.17, 15) is 4.39 Å². The van der Waals surface area contributed by atoms with Crippen LogP contribution in [0.5, 0.6) is 0 Å². The zero-order valence-electron chi connectivity index (χ0n) is 13.9. The van der Waals surface area contributed by atoms with Crippen LogP contribution in [0.2, 0.25) is 0 Å². The molecule has 24 heavy (non-hydrogen) atoms. The molecule has 0 amide bonds. The maximum Gasteiger partial charge on any atom is 0.186 e. The number of halogens is 1. The summed E-state index contributed by atoms with van der Waals surface area (Å²) in [6.07, 6.45) is 0. The number of benzene rings is 2. The summed E-state index contributed by atoms with van der Waals surface area (Å²) in [6, 6.07) is 11.8. The van der Waals surface area contributed by atoms with Gasteiger partial charge in [0.15, 0.2) is 5.13 Å². The van der Waals surface area contributed by atoms with E-state index in [0.717, 1.165) is 36.0 Å². The molecule has 0 spiro atoms. The molecule has 4 rings (SSSR count). The van der Waals surface area contributed by atoms with Gasteiger partial charge >= 0.3 is 0 Å². The van der Waals surface area contributed by atoms with E-state index in [2.05, 4.69) is 46.8 Å². The lowest BCUT2D eigenvalue weighted by molar-refractivity contribution is 0.635. The first kappa shape index (κ1) is 15.4. The molecule has 1 aliphatic heterocycles. The predicted molar refractivity (Wildman–Crippen MR) is 99.9 cm³/mol. The number of thiazole rings is 1. The zero-order chi connectivity index (χ0) is 16.7. The summed E-state index contributed by atoms with van der Waals surface area (Å²) in [6.45, 7) is 8.04. The van der Waals surface area contributed by atoms with E-state index in [1.54, 1.807) is 17.4 Å². The minimum Gasteiger partial charge on any atom is -0.368 e. The molecule has 3 nitrogen and oxygen atoms in total. The molecule has 124 valence electrons. The number of aryl methyl sites for hydroxylation is 2. The second-order valence-electron chi connectivity index (χ2n) is 6.35.